The van der Waals surface area contributed by atoms with E-state index in [1.165, 1.54) is 11.1 Å². The fourth-order valence-corrected chi connectivity index (χ4v) is 3.06. The van der Waals surface area contributed by atoms with Crippen LogP contribution in [0, 0.1) is 19.8 Å². The van der Waals surface area contributed by atoms with Crippen molar-refractivity contribution in [1.82, 2.24) is 10.5 Å². The highest BCUT2D eigenvalue weighted by Crippen LogP contribution is 2.26. The number of aryl methyl sites for hydroxylation is 2. The van der Waals surface area contributed by atoms with E-state index in [9.17, 15) is 4.79 Å². The number of aromatic nitrogens is 1. The first-order chi connectivity index (χ1) is 10.1. The molecule has 1 amide bonds. The number of nitrogens with zero attached hydrogens (tertiary/aromatic N) is 1. The van der Waals surface area contributed by atoms with Crippen molar-refractivity contribution >= 4 is 5.91 Å². The maximum absolute atomic E-state index is 12.3. The van der Waals surface area contributed by atoms with Gasteiger partial charge in [0.05, 0.1) is 5.69 Å². The van der Waals surface area contributed by atoms with E-state index in [2.05, 4.69) is 22.6 Å². The molecule has 0 saturated carbocycles. The van der Waals surface area contributed by atoms with Crippen LogP contribution in [0.4, 0.5) is 0 Å². The number of amides is 1. The summed E-state index contributed by atoms with van der Waals surface area (Å²) in [5.41, 5.74) is 4.63. The Kier molecular flexibility index (Phi) is 3.78. The lowest BCUT2D eigenvalue weighted by Gasteiger charge is -2.10. The molecule has 4 heteroatoms. The lowest BCUT2D eigenvalue weighted by Crippen LogP contribution is -2.32. The second-order valence-electron chi connectivity index (χ2n) is 5.72. The standard InChI is InChI=1S/C17H20N2O2/c1-11-16(12(2)21-19-11)7-8-18-17(20)15-9-13-5-3-4-6-14(13)10-15/h3-6,15H,7-10H2,1-2H3,(H,18,20). The summed E-state index contributed by atoms with van der Waals surface area (Å²) >= 11 is 0. The third kappa shape index (κ3) is 2.84. The number of hydrogen-bond donors (Lipinski definition) is 1. The van der Waals surface area contributed by atoms with E-state index in [1.807, 2.05) is 26.0 Å². The van der Waals surface area contributed by atoms with Gasteiger partial charge in [0.2, 0.25) is 5.91 Å². The average Bonchev–Trinajstić information content (AvgIpc) is 3.04. The van der Waals surface area contributed by atoms with Crippen molar-refractivity contribution in [3.8, 4) is 0 Å². The molecule has 1 aromatic carbocycles. The normalized spacial score (nSPS) is 14.2. The molecule has 0 unspecified atom stereocenters. The van der Waals surface area contributed by atoms with Crippen LogP contribution in [0.5, 0.6) is 0 Å². The minimum atomic E-state index is 0.0760. The van der Waals surface area contributed by atoms with E-state index in [0.717, 1.165) is 36.3 Å². The molecule has 1 N–H and O–H groups in total. The fraction of sp³-hybridized carbons (Fsp3) is 0.412. The summed E-state index contributed by atoms with van der Waals surface area (Å²) in [4.78, 5) is 12.3. The first-order valence-corrected chi connectivity index (χ1v) is 7.41. The zero-order chi connectivity index (χ0) is 14.8. The van der Waals surface area contributed by atoms with Crippen molar-refractivity contribution < 1.29 is 9.32 Å². The lowest BCUT2D eigenvalue weighted by atomic mass is 10.1. The van der Waals surface area contributed by atoms with E-state index in [4.69, 9.17) is 4.52 Å². The van der Waals surface area contributed by atoms with Gasteiger partial charge < -0.3 is 9.84 Å². The summed E-state index contributed by atoms with van der Waals surface area (Å²) in [5.74, 6) is 1.07. The molecular formula is C17H20N2O2. The largest absolute Gasteiger partial charge is 0.361 e. The van der Waals surface area contributed by atoms with E-state index in [0.29, 0.717) is 6.54 Å². The Bertz CT molecular complexity index is 616. The Balaban J connectivity index is 1.52. The zero-order valence-corrected chi connectivity index (χ0v) is 12.5. The predicted octanol–water partition coefficient (Wildman–Crippen LogP) is 2.37. The average molecular weight is 284 g/mol. The van der Waals surface area contributed by atoms with Gasteiger partial charge in [-0.15, -0.1) is 0 Å². The Morgan fingerprint density at radius 1 is 1.29 bits per heavy atom. The minimum absolute atomic E-state index is 0.0760. The van der Waals surface area contributed by atoms with Crippen LogP contribution in [0.2, 0.25) is 0 Å². The van der Waals surface area contributed by atoms with Crippen molar-refractivity contribution in [3.05, 3.63) is 52.4 Å². The molecule has 21 heavy (non-hydrogen) atoms. The zero-order valence-electron chi connectivity index (χ0n) is 12.5. The summed E-state index contributed by atoms with van der Waals surface area (Å²) < 4.78 is 5.13. The molecule has 4 nitrogen and oxygen atoms in total. The van der Waals surface area contributed by atoms with E-state index in [-0.39, 0.29) is 11.8 Å². The molecule has 1 aliphatic carbocycles. The van der Waals surface area contributed by atoms with Crippen molar-refractivity contribution in [2.45, 2.75) is 33.1 Å². The van der Waals surface area contributed by atoms with Crippen LogP contribution in [-0.2, 0) is 24.1 Å². The summed E-state index contributed by atoms with van der Waals surface area (Å²) in [6.07, 6.45) is 2.48. The topological polar surface area (TPSA) is 55.1 Å². The quantitative estimate of drug-likeness (QED) is 0.937. The van der Waals surface area contributed by atoms with Gasteiger partial charge in [-0.3, -0.25) is 4.79 Å². The van der Waals surface area contributed by atoms with Gasteiger partial charge in [-0.1, -0.05) is 29.4 Å². The molecule has 0 atom stereocenters. The van der Waals surface area contributed by atoms with Gasteiger partial charge in [0.15, 0.2) is 0 Å². The van der Waals surface area contributed by atoms with Gasteiger partial charge in [-0.25, -0.2) is 0 Å². The van der Waals surface area contributed by atoms with Crippen molar-refractivity contribution in [2.24, 2.45) is 5.92 Å². The van der Waals surface area contributed by atoms with Crippen LogP contribution in [0.3, 0.4) is 0 Å². The van der Waals surface area contributed by atoms with Crippen LogP contribution in [0.25, 0.3) is 0 Å². The summed E-state index contributed by atoms with van der Waals surface area (Å²) in [6, 6.07) is 8.31. The number of fused-ring (bicyclic) bond motifs is 1. The highest BCUT2D eigenvalue weighted by Gasteiger charge is 2.26. The number of hydrogen-bond acceptors (Lipinski definition) is 3. The maximum atomic E-state index is 12.3. The molecule has 110 valence electrons. The highest BCUT2D eigenvalue weighted by atomic mass is 16.5. The first kappa shape index (κ1) is 13.9. The van der Waals surface area contributed by atoms with Crippen molar-refractivity contribution in [3.63, 3.8) is 0 Å². The SMILES string of the molecule is Cc1noc(C)c1CCNC(=O)C1Cc2ccccc2C1. The number of benzene rings is 1. The van der Waals surface area contributed by atoms with Gasteiger partial charge in [0, 0.05) is 18.0 Å². The van der Waals surface area contributed by atoms with Gasteiger partial charge in [0.25, 0.3) is 0 Å². The molecule has 0 radical (unpaired) electrons. The minimum Gasteiger partial charge on any atom is -0.361 e. The molecule has 0 aliphatic heterocycles. The molecule has 1 heterocycles. The summed E-state index contributed by atoms with van der Waals surface area (Å²) in [7, 11) is 0. The molecule has 0 spiro atoms. The molecule has 0 saturated heterocycles. The first-order valence-electron chi connectivity index (χ1n) is 7.41. The number of rotatable bonds is 4. The van der Waals surface area contributed by atoms with Gasteiger partial charge in [-0.2, -0.15) is 0 Å². The molecule has 0 bridgehead atoms. The predicted molar refractivity (Wildman–Crippen MR) is 80.0 cm³/mol. The number of carbonyl (C=O) groups is 1. The molecule has 2 aromatic rings. The Morgan fingerprint density at radius 2 is 1.95 bits per heavy atom. The Morgan fingerprint density at radius 3 is 2.52 bits per heavy atom. The third-order valence-electron chi connectivity index (χ3n) is 4.28. The molecule has 1 aliphatic rings. The molecule has 1 aromatic heterocycles. The van der Waals surface area contributed by atoms with Crippen LogP contribution >= 0.6 is 0 Å². The maximum Gasteiger partial charge on any atom is 0.223 e. The van der Waals surface area contributed by atoms with Crippen LogP contribution in [-0.4, -0.2) is 17.6 Å². The summed E-state index contributed by atoms with van der Waals surface area (Å²) in [5, 5.41) is 6.97. The monoisotopic (exact) mass is 284 g/mol. The smallest absolute Gasteiger partial charge is 0.223 e. The van der Waals surface area contributed by atoms with Gasteiger partial charge in [0.1, 0.15) is 5.76 Å². The highest BCUT2D eigenvalue weighted by molar-refractivity contribution is 5.80. The Labute approximate surface area is 124 Å². The molecular weight excluding hydrogens is 264 g/mol. The third-order valence-corrected chi connectivity index (χ3v) is 4.28. The van der Waals surface area contributed by atoms with Gasteiger partial charge >= 0.3 is 0 Å². The van der Waals surface area contributed by atoms with Crippen LogP contribution in [0.1, 0.15) is 28.1 Å². The fourth-order valence-electron chi connectivity index (χ4n) is 3.06. The number of carbonyl (C=O) groups excluding carboxylic acids is 1. The van der Waals surface area contributed by atoms with Gasteiger partial charge in [-0.05, 0) is 44.2 Å². The van der Waals surface area contributed by atoms with Crippen LogP contribution < -0.4 is 5.32 Å². The van der Waals surface area contributed by atoms with Crippen molar-refractivity contribution in [1.29, 1.82) is 0 Å². The second-order valence-corrected chi connectivity index (χ2v) is 5.72. The van der Waals surface area contributed by atoms with E-state index >= 15 is 0 Å². The second kappa shape index (κ2) is 5.72. The van der Waals surface area contributed by atoms with E-state index < -0.39 is 0 Å². The van der Waals surface area contributed by atoms with Crippen molar-refractivity contribution in [2.75, 3.05) is 6.54 Å². The van der Waals surface area contributed by atoms with E-state index in [1.54, 1.807) is 0 Å². The lowest BCUT2D eigenvalue weighted by molar-refractivity contribution is -0.124. The summed E-state index contributed by atoms with van der Waals surface area (Å²) in [6.45, 7) is 4.47. The van der Waals surface area contributed by atoms with Crippen LogP contribution in [0.15, 0.2) is 28.8 Å². The number of nitrogens with one attached hydrogen (secondary N) is 1. The molecule has 3 rings (SSSR count). The molecule has 0 fully saturated rings. The Hall–Kier alpha value is -2.10.